The van der Waals surface area contributed by atoms with Gasteiger partial charge in [-0.05, 0) is 29.7 Å². The number of hydrogen-bond donors (Lipinski definition) is 1. The summed E-state index contributed by atoms with van der Waals surface area (Å²) in [6, 6.07) is 13.1. The molecule has 166 valence electrons. The molecule has 3 amide bonds. The van der Waals surface area contributed by atoms with Crippen LogP contribution >= 0.6 is 0 Å². The molecule has 8 heteroatoms. The van der Waals surface area contributed by atoms with Gasteiger partial charge in [0.1, 0.15) is 0 Å². The number of alkyl halides is 3. The molecule has 5 nitrogen and oxygen atoms in total. The first-order valence-electron chi connectivity index (χ1n) is 10.2. The fourth-order valence-electron chi connectivity index (χ4n) is 4.07. The Morgan fingerprint density at radius 1 is 1.06 bits per heavy atom. The lowest BCUT2D eigenvalue weighted by molar-refractivity contribution is -0.137. The molecule has 1 N–H and O–H groups in total. The number of nitrogens with one attached hydrogen (secondary N) is 1. The van der Waals surface area contributed by atoms with Crippen molar-refractivity contribution < 1.29 is 22.8 Å². The Bertz CT molecular complexity index is 1060. The maximum Gasteiger partial charge on any atom is 0.416 e. The molecule has 4 rings (SSSR count). The lowest BCUT2D eigenvalue weighted by Crippen LogP contribution is -2.47. The lowest BCUT2D eigenvalue weighted by Gasteiger charge is -2.33. The van der Waals surface area contributed by atoms with Gasteiger partial charge in [0, 0.05) is 13.1 Å². The third-order valence-corrected chi connectivity index (χ3v) is 5.69. The molecule has 0 radical (unpaired) electrons. The van der Waals surface area contributed by atoms with Gasteiger partial charge in [-0.15, -0.1) is 6.58 Å². The van der Waals surface area contributed by atoms with Crippen molar-refractivity contribution in [3.05, 3.63) is 95.2 Å². The molecule has 0 spiro atoms. The Morgan fingerprint density at radius 3 is 2.38 bits per heavy atom. The number of benzene rings is 2. The summed E-state index contributed by atoms with van der Waals surface area (Å²) in [5, 5.41) is 2.77. The largest absolute Gasteiger partial charge is 0.416 e. The summed E-state index contributed by atoms with van der Waals surface area (Å²) < 4.78 is 38.9. The highest BCUT2D eigenvalue weighted by atomic mass is 19.4. The number of carbonyl (C=O) groups excluding carboxylic acids is 2. The first-order valence-corrected chi connectivity index (χ1v) is 10.2. The first kappa shape index (κ1) is 21.7. The Balaban J connectivity index is 1.63. The monoisotopic (exact) mass is 441 g/mol. The summed E-state index contributed by atoms with van der Waals surface area (Å²) >= 11 is 0. The second-order valence-electron chi connectivity index (χ2n) is 7.72. The van der Waals surface area contributed by atoms with E-state index < -0.39 is 23.8 Å². The van der Waals surface area contributed by atoms with Crippen molar-refractivity contribution in [3.8, 4) is 0 Å². The molecule has 2 aliphatic rings. The predicted octanol–water partition coefficient (Wildman–Crippen LogP) is 4.30. The molecule has 0 saturated heterocycles. The molecule has 32 heavy (non-hydrogen) atoms. The number of nitrogens with zero attached hydrogens (tertiary/aromatic N) is 2. The smallest absolute Gasteiger partial charge is 0.333 e. The minimum Gasteiger partial charge on any atom is -0.333 e. The van der Waals surface area contributed by atoms with E-state index in [-0.39, 0.29) is 19.0 Å². The van der Waals surface area contributed by atoms with Crippen molar-refractivity contribution >= 4 is 11.9 Å². The fourth-order valence-corrected chi connectivity index (χ4v) is 4.07. The number of urea groups is 1. The summed E-state index contributed by atoms with van der Waals surface area (Å²) in [5.74, 6) is -0.227. The van der Waals surface area contributed by atoms with Crippen molar-refractivity contribution in [1.82, 2.24) is 15.1 Å². The average Bonchev–Trinajstić information content (AvgIpc) is 3.10. The molecule has 2 aromatic carbocycles. The van der Waals surface area contributed by atoms with E-state index in [1.54, 1.807) is 11.0 Å². The summed E-state index contributed by atoms with van der Waals surface area (Å²) in [5.41, 5.74) is 1.68. The summed E-state index contributed by atoms with van der Waals surface area (Å²) in [6.45, 7) is 4.63. The van der Waals surface area contributed by atoms with Crippen LogP contribution in [0.4, 0.5) is 18.0 Å². The van der Waals surface area contributed by atoms with Crippen LogP contribution in [0.3, 0.4) is 0 Å². The molecular formula is C24H22F3N3O2. The molecule has 2 aliphatic heterocycles. The SMILES string of the molecule is C=CCN1C(=O)N[C@H](c2ccc(C(F)(F)F)cc2)C2=C1CN(CCc1ccccc1)C2=O. The second kappa shape index (κ2) is 8.53. The van der Waals surface area contributed by atoms with E-state index in [1.165, 1.54) is 17.0 Å². The Kier molecular flexibility index (Phi) is 5.78. The zero-order chi connectivity index (χ0) is 22.9. The van der Waals surface area contributed by atoms with E-state index in [1.807, 2.05) is 30.3 Å². The molecule has 0 aromatic heterocycles. The van der Waals surface area contributed by atoms with Gasteiger partial charge in [0.05, 0.1) is 29.4 Å². The highest BCUT2D eigenvalue weighted by molar-refractivity contribution is 6.01. The van der Waals surface area contributed by atoms with E-state index >= 15 is 0 Å². The average molecular weight is 441 g/mol. The molecule has 0 fully saturated rings. The van der Waals surface area contributed by atoms with E-state index in [4.69, 9.17) is 0 Å². The van der Waals surface area contributed by atoms with Crippen LogP contribution in [0.15, 0.2) is 78.5 Å². The minimum absolute atomic E-state index is 0.226. The topological polar surface area (TPSA) is 52.7 Å². The zero-order valence-electron chi connectivity index (χ0n) is 17.2. The standard InChI is InChI=1S/C24H22F3N3O2/c1-2-13-30-19-15-29(14-12-16-6-4-3-5-7-16)22(31)20(19)21(28-23(30)32)17-8-10-18(11-9-17)24(25,26)27/h2-11,21H,1,12-15H2,(H,28,32)/t21-/m1/s1. The van der Waals surface area contributed by atoms with Crippen molar-refractivity contribution in [3.63, 3.8) is 0 Å². The molecule has 0 saturated carbocycles. The van der Waals surface area contributed by atoms with Crippen LogP contribution in [0.1, 0.15) is 22.7 Å². The summed E-state index contributed by atoms with van der Waals surface area (Å²) in [7, 11) is 0. The number of hydrogen-bond acceptors (Lipinski definition) is 2. The van der Waals surface area contributed by atoms with Gasteiger partial charge in [0.2, 0.25) is 0 Å². The van der Waals surface area contributed by atoms with Crippen molar-refractivity contribution in [2.24, 2.45) is 0 Å². The first-order chi connectivity index (χ1) is 15.3. The molecule has 0 bridgehead atoms. The lowest BCUT2D eigenvalue weighted by atomic mass is 9.94. The van der Waals surface area contributed by atoms with Crippen LogP contribution in [-0.2, 0) is 17.4 Å². The van der Waals surface area contributed by atoms with Crippen LogP contribution in [-0.4, -0.2) is 41.4 Å². The van der Waals surface area contributed by atoms with Gasteiger partial charge in [0.25, 0.3) is 5.91 Å². The van der Waals surface area contributed by atoms with Gasteiger partial charge < -0.3 is 10.2 Å². The fraction of sp³-hybridized carbons (Fsp3) is 0.250. The molecule has 2 aromatic rings. The van der Waals surface area contributed by atoms with Gasteiger partial charge >= 0.3 is 12.2 Å². The number of halogens is 3. The maximum absolute atomic E-state index is 13.3. The van der Waals surface area contributed by atoms with Crippen molar-refractivity contribution in [2.75, 3.05) is 19.6 Å². The quantitative estimate of drug-likeness (QED) is 0.680. The van der Waals surface area contributed by atoms with Crippen LogP contribution < -0.4 is 5.32 Å². The highest BCUT2D eigenvalue weighted by Crippen LogP contribution is 2.37. The summed E-state index contributed by atoms with van der Waals surface area (Å²) in [6.07, 6.45) is -2.24. The van der Waals surface area contributed by atoms with E-state index in [9.17, 15) is 22.8 Å². The number of amides is 3. The molecule has 1 atom stereocenters. The zero-order valence-corrected chi connectivity index (χ0v) is 17.2. The molecular weight excluding hydrogens is 419 g/mol. The molecule has 0 aliphatic carbocycles. The van der Waals surface area contributed by atoms with E-state index in [0.29, 0.717) is 29.8 Å². The predicted molar refractivity (Wildman–Crippen MR) is 113 cm³/mol. The van der Waals surface area contributed by atoms with Crippen LogP contribution in [0, 0.1) is 0 Å². The Labute approximate surface area is 183 Å². The van der Waals surface area contributed by atoms with Gasteiger partial charge in [0.15, 0.2) is 0 Å². The van der Waals surface area contributed by atoms with E-state index in [0.717, 1.165) is 17.7 Å². The minimum atomic E-state index is -4.46. The van der Waals surface area contributed by atoms with Gasteiger partial charge in [-0.2, -0.15) is 13.2 Å². The third kappa shape index (κ3) is 4.12. The Hall–Kier alpha value is -3.55. The Morgan fingerprint density at radius 2 is 1.75 bits per heavy atom. The van der Waals surface area contributed by atoms with Crippen LogP contribution in [0.25, 0.3) is 0 Å². The van der Waals surface area contributed by atoms with Crippen molar-refractivity contribution in [2.45, 2.75) is 18.6 Å². The molecule has 2 heterocycles. The van der Waals surface area contributed by atoms with E-state index in [2.05, 4.69) is 11.9 Å². The van der Waals surface area contributed by atoms with Crippen molar-refractivity contribution in [1.29, 1.82) is 0 Å². The third-order valence-electron chi connectivity index (χ3n) is 5.69. The second-order valence-corrected chi connectivity index (χ2v) is 7.72. The maximum atomic E-state index is 13.3. The summed E-state index contributed by atoms with van der Waals surface area (Å²) in [4.78, 5) is 29.2. The van der Waals surface area contributed by atoms with Gasteiger partial charge in [-0.3, -0.25) is 9.69 Å². The number of carbonyl (C=O) groups is 2. The number of rotatable bonds is 6. The van der Waals surface area contributed by atoms with Crippen LogP contribution in [0.2, 0.25) is 0 Å². The highest BCUT2D eigenvalue weighted by Gasteiger charge is 2.43. The molecule has 0 unspecified atom stereocenters. The van der Waals surface area contributed by atoms with Gasteiger partial charge in [-0.1, -0.05) is 48.5 Å². The normalized spacial score (nSPS) is 18.7. The van der Waals surface area contributed by atoms with Gasteiger partial charge in [-0.25, -0.2) is 4.79 Å². The van der Waals surface area contributed by atoms with Crippen LogP contribution in [0.5, 0.6) is 0 Å².